The Balaban J connectivity index is 1.72. The van der Waals surface area contributed by atoms with Crippen LogP contribution in [0, 0.1) is 16.0 Å². The lowest BCUT2D eigenvalue weighted by Crippen LogP contribution is -2.37. The van der Waals surface area contributed by atoms with Crippen molar-refractivity contribution in [3.05, 3.63) is 58.9 Å². The molecule has 1 atom stereocenters. The normalized spacial score (nSPS) is 16.9. The van der Waals surface area contributed by atoms with E-state index in [2.05, 4.69) is 4.98 Å². The molecular formula is C24H28N4O6S. The fourth-order valence-electron chi connectivity index (χ4n) is 4.46. The molecule has 35 heavy (non-hydrogen) atoms. The number of carbonyl (C=O) groups is 1. The first-order valence-electron chi connectivity index (χ1n) is 11.4. The van der Waals surface area contributed by atoms with Crippen LogP contribution in [0.4, 0.5) is 11.4 Å². The number of aromatic nitrogens is 2. The summed E-state index contributed by atoms with van der Waals surface area (Å²) in [6.07, 6.45) is 4.21. The highest BCUT2D eigenvalue weighted by Gasteiger charge is 2.32. The van der Waals surface area contributed by atoms with Crippen LogP contribution in [-0.4, -0.2) is 47.0 Å². The summed E-state index contributed by atoms with van der Waals surface area (Å²) < 4.78 is 33.0. The van der Waals surface area contributed by atoms with Crippen molar-refractivity contribution < 1.29 is 22.9 Å². The topological polar surface area (TPSA) is 125 Å². The van der Waals surface area contributed by atoms with Gasteiger partial charge in [-0.15, -0.1) is 0 Å². The number of rotatable bonds is 6. The second-order valence-electron chi connectivity index (χ2n) is 9.66. The minimum Gasteiger partial charge on any atom is -0.460 e. The summed E-state index contributed by atoms with van der Waals surface area (Å²) in [6, 6.07) is 9.49. The molecule has 1 aliphatic rings. The summed E-state index contributed by atoms with van der Waals surface area (Å²) in [6.45, 7) is 6.38. The first-order chi connectivity index (χ1) is 16.5. The maximum atomic E-state index is 13.2. The van der Waals surface area contributed by atoms with Crippen LogP contribution in [0.3, 0.4) is 0 Å². The second kappa shape index (κ2) is 9.29. The number of nitrogens with zero attached hydrogens (tertiary/aromatic N) is 4. The van der Waals surface area contributed by atoms with Gasteiger partial charge in [0.15, 0.2) is 5.65 Å². The quantitative estimate of drug-likeness (QED) is 0.281. The maximum absolute atomic E-state index is 13.2. The standard InChI is InChI=1S/C24H28N4O6S/c1-24(2,3)34-21(29)14-17-8-7-12-26(16-17)22-19-11-13-27(23(19)25-15-20(22)28(30)31)35(32,33)18-9-5-4-6-10-18/h4-6,9-11,13,15,17H,7-8,12,14,16H2,1-3H3/t17-/m1/s1. The summed E-state index contributed by atoms with van der Waals surface area (Å²) in [5.41, 5.74) is -0.362. The minimum absolute atomic E-state index is 0.0449. The van der Waals surface area contributed by atoms with E-state index < -0.39 is 20.5 Å². The van der Waals surface area contributed by atoms with Crippen molar-refractivity contribution in [2.24, 2.45) is 5.92 Å². The number of benzene rings is 1. The number of nitro groups is 1. The predicted octanol–water partition coefficient (Wildman–Crippen LogP) is 4.13. The third-order valence-corrected chi connectivity index (χ3v) is 7.52. The van der Waals surface area contributed by atoms with Crippen LogP contribution in [-0.2, 0) is 19.6 Å². The Bertz CT molecular complexity index is 1360. The minimum atomic E-state index is -3.94. The highest BCUT2D eigenvalue weighted by Crippen LogP contribution is 2.39. The lowest BCUT2D eigenvalue weighted by Gasteiger charge is -2.34. The molecule has 2 aromatic heterocycles. The van der Waals surface area contributed by atoms with Gasteiger partial charge in [-0.05, 0) is 57.7 Å². The Morgan fingerprint density at radius 1 is 1.23 bits per heavy atom. The SMILES string of the molecule is CC(C)(C)OC(=O)C[C@H]1CCCN(c2c([N+](=O)[O-])cnc3c2ccn3S(=O)(=O)c2ccccc2)C1. The van der Waals surface area contributed by atoms with Crippen molar-refractivity contribution in [3.63, 3.8) is 0 Å². The molecule has 1 aromatic carbocycles. The van der Waals surface area contributed by atoms with E-state index >= 15 is 0 Å². The number of hydrogen-bond donors (Lipinski definition) is 0. The molecule has 4 rings (SSSR count). The Kier molecular flexibility index (Phi) is 6.54. The average molecular weight is 501 g/mol. The van der Waals surface area contributed by atoms with E-state index in [0.717, 1.165) is 23.0 Å². The van der Waals surface area contributed by atoms with Gasteiger partial charge >= 0.3 is 11.7 Å². The van der Waals surface area contributed by atoms with Crippen LogP contribution in [0.15, 0.2) is 53.7 Å². The van der Waals surface area contributed by atoms with E-state index in [1.54, 1.807) is 24.3 Å². The Morgan fingerprint density at radius 2 is 1.94 bits per heavy atom. The molecule has 0 radical (unpaired) electrons. The predicted molar refractivity (Wildman–Crippen MR) is 131 cm³/mol. The lowest BCUT2D eigenvalue weighted by molar-refractivity contribution is -0.384. The number of anilines is 1. The summed E-state index contributed by atoms with van der Waals surface area (Å²) in [5.74, 6) is -0.351. The molecule has 0 amide bonds. The Morgan fingerprint density at radius 3 is 2.60 bits per heavy atom. The molecule has 0 spiro atoms. The van der Waals surface area contributed by atoms with Gasteiger partial charge in [-0.2, -0.15) is 0 Å². The zero-order valence-corrected chi connectivity index (χ0v) is 20.7. The Hall–Kier alpha value is -3.47. The molecule has 0 unspecified atom stereocenters. The van der Waals surface area contributed by atoms with Gasteiger partial charge in [-0.3, -0.25) is 14.9 Å². The zero-order valence-electron chi connectivity index (χ0n) is 19.9. The largest absolute Gasteiger partial charge is 0.460 e. The highest BCUT2D eigenvalue weighted by atomic mass is 32.2. The van der Waals surface area contributed by atoms with Crippen LogP contribution < -0.4 is 4.90 Å². The fraction of sp³-hybridized carbons (Fsp3) is 0.417. The van der Waals surface area contributed by atoms with Gasteiger partial charge in [0.05, 0.1) is 21.6 Å². The van der Waals surface area contributed by atoms with Crippen molar-refractivity contribution in [1.82, 2.24) is 8.96 Å². The van der Waals surface area contributed by atoms with Crippen LogP contribution in [0.1, 0.15) is 40.0 Å². The number of hydrogen-bond acceptors (Lipinski definition) is 8. The Labute approximate surface area is 203 Å². The van der Waals surface area contributed by atoms with Gasteiger partial charge in [0.25, 0.3) is 10.0 Å². The van der Waals surface area contributed by atoms with Crippen molar-refractivity contribution >= 4 is 38.4 Å². The molecule has 0 N–H and O–H groups in total. The van der Waals surface area contributed by atoms with E-state index in [4.69, 9.17) is 4.74 Å². The third-order valence-electron chi connectivity index (χ3n) is 5.84. The number of ether oxygens (including phenoxy) is 1. The molecule has 3 heterocycles. The van der Waals surface area contributed by atoms with Crippen molar-refractivity contribution in [2.75, 3.05) is 18.0 Å². The van der Waals surface area contributed by atoms with E-state index in [1.165, 1.54) is 18.3 Å². The number of carbonyl (C=O) groups excluding carboxylic acids is 1. The molecule has 0 saturated carbocycles. The third kappa shape index (κ3) is 5.14. The highest BCUT2D eigenvalue weighted by molar-refractivity contribution is 7.90. The fourth-order valence-corrected chi connectivity index (χ4v) is 5.78. The van der Waals surface area contributed by atoms with Crippen molar-refractivity contribution in [1.29, 1.82) is 0 Å². The van der Waals surface area contributed by atoms with Crippen LogP contribution in [0.2, 0.25) is 0 Å². The molecule has 10 nitrogen and oxygen atoms in total. The van der Waals surface area contributed by atoms with Crippen molar-refractivity contribution in [3.8, 4) is 0 Å². The van der Waals surface area contributed by atoms with Gasteiger partial charge in [-0.25, -0.2) is 17.4 Å². The average Bonchev–Trinajstić information content (AvgIpc) is 3.23. The van der Waals surface area contributed by atoms with Crippen LogP contribution >= 0.6 is 0 Å². The smallest absolute Gasteiger partial charge is 0.311 e. The van der Waals surface area contributed by atoms with Gasteiger partial charge in [0, 0.05) is 19.3 Å². The number of esters is 1. The van der Waals surface area contributed by atoms with E-state index in [0.29, 0.717) is 24.2 Å². The zero-order chi connectivity index (χ0) is 25.4. The van der Waals surface area contributed by atoms with Crippen molar-refractivity contribution in [2.45, 2.75) is 50.5 Å². The van der Waals surface area contributed by atoms with Gasteiger partial charge < -0.3 is 9.64 Å². The molecule has 3 aromatic rings. The van der Waals surface area contributed by atoms with Gasteiger partial charge in [-0.1, -0.05) is 18.2 Å². The molecular weight excluding hydrogens is 472 g/mol. The number of pyridine rings is 1. The summed E-state index contributed by atoms with van der Waals surface area (Å²) in [4.78, 5) is 29.9. The molecule has 1 fully saturated rings. The lowest BCUT2D eigenvalue weighted by atomic mass is 9.94. The monoisotopic (exact) mass is 500 g/mol. The summed E-state index contributed by atoms with van der Waals surface area (Å²) in [7, 11) is -3.94. The van der Waals surface area contributed by atoms with Crippen LogP contribution in [0.5, 0.6) is 0 Å². The van der Waals surface area contributed by atoms with Crippen LogP contribution in [0.25, 0.3) is 11.0 Å². The molecule has 1 saturated heterocycles. The molecule has 11 heteroatoms. The first kappa shape index (κ1) is 24.6. The van der Waals surface area contributed by atoms with E-state index in [9.17, 15) is 23.3 Å². The second-order valence-corrected chi connectivity index (χ2v) is 11.5. The van der Waals surface area contributed by atoms with E-state index in [-0.39, 0.29) is 34.5 Å². The van der Waals surface area contributed by atoms with E-state index in [1.807, 2.05) is 25.7 Å². The molecule has 1 aliphatic heterocycles. The number of fused-ring (bicyclic) bond motifs is 1. The van der Waals surface area contributed by atoms with Gasteiger partial charge in [0.1, 0.15) is 17.5 Å². The molecule has 186 valence electrons. The summed E-state index contributed by atoms with van der Waals surface area (Å²) >= 11 is 0. The summed E-state index contributed by atoms with van der Waals surface area (Å²) in [5, 5.41) is 12.3. The molecule has 0 bridgehead atoms. The number of piperidine rings is 1. The first-order valence-corrected chi connectivity index (χ1v) is 12.8. The van der Waals surface area contributed by atoms with Gasteiger partial charge in [0.2, 0.25) is 0 Å². The maximum Gasteiger partial charge on any atom is 0.311 e. The molecule has 0 aliphatic carbocycles.